The van der Waals surface area contributed by atoms with Crippen molar-refractivity contribution >= 4 is 12.3 Å². The highest BCUT2D eigenvalue weighted by Gasteiger charge is 2.28. The van der Waals surface area contributed by atoms with Gasteiger partial charge < -0.3 is 20.1 Å². The van der Waals surface area contributed by atoms with E-state index in [1.54, 1.807) is 0 Å². The Morgan fingerprint density at radius 3 is 1.97 bits per heavy atom. The molecule has 0 bridgehead atoms. The van der Waals surface area contributed by atoms with Crippen molar-refractivity contribution in [2.75, 3.05) is 26.4 Å². The summed E-state index contributed by atoms with van der Waals surface area (Å²) in [6, 6.07) is 0. The second-order valence-electron chi connectivity index (χ2n) is 10.4. The minimum absolute atomic E-state index is 0.0153. The van der Waals surface area contributed by atoms with Crippen LogP contribution in [-0.4, -0.2) is 54.0 Å². The van der Waals surface area contributed by atoms with Gasteiger partial charge in [-0.05, 0) is 63.2 Å². The fourth-order valence-electron chi connectivity index (χ4n) is 4.97. The van der Waals surface area contributed by atoms with E-state index in [9.17, 15) is 14.7 Å². The van der Waals surface area contributed by atoms with Crippen molar-refractivity contribution < 1.29 is 29.6 Å². The number of hydrogen-bond donors (Lipinski definition) is 3. The van der Waals surface area contributed by atoms with Crippen molar-refractivity contribution in [1.29, 1.82) is 0 Å². The van der Waals surface area contributed by atoms with Crippen molar-refractivity contribution in [3.05, 3.63) is 24.3 Å². The van der Waals surface area contributed by atoms with Crippen molar-refractivity contribution in [2.24, 2.45) is 29.6 Å². The highest BCUT2D eigenvalue weighted by atomic mass is 16.5. The van der Waals surface area contributed by atoms with Gasteiger partial charge in [-0.15, -0.1) is 0 Å². The summed E-state index contributed by atoms with van der Waals surface area (Å²) in [5.41, 5.74) is 0.274. The Bertz CT molecular complexity index is 717. The summed E-state index contributed by atoms with van der Waals surface area (Å²) < 4.78 is 5.21. The lowest BCUT2D eigenvalue weighted by atomic mass is 9.76. The van der Waals surface area contributed by atoms with Crippen LogP contribution in [0.3, 0.4) is 0 Å². The lowest BCUT2D eigenvalue weighted by molar-refractivity contribution is -0.142. The van der Waals surface area contributed by atoms with Gasteiger partial charge in [-0.2, -0.15) is 0 Å². The average Bonchev–Trinajstić information content (AvgIpc) is 2.92. The summed E-state index contributed by atoms with van der Waals surface area (Å²) in [6.45, 7) is 8.50. The first-order chi connectivity index (χ1) is 17.4. The number of unbranched alkanes of at least 4 members (excludes halogenated alkanes) is 2. The van der Waals surface area contributed by atoms with Gasteiger partial charge in [0.15, 0.2) is 0 Å². The van der Waals surface area contributed by atoms with E-state index < -0.39 is 12.6 Å². The van der Waals surface area contributed by atoms with Crippen LogP contribution in [-0.2, 0) is 14.3 Å². The lowest BCUT2D eigenvalue weighted by Crippen LogP contribution is -2.29. The molecule has 0 radical (unpaired) electrons. The Morgan fingerprint density at radius 1 is 0.944 bits per heavy atom. The van der Waals surface area contributed by atoms with E-state index in [0.29, 0.717) is 24.0 Å². The number of aliphatic hydroxyl groups is 3. The Hall–Kier alpha value is -1.94. The fourth-order valence-corrected chi connectivity index (χ4v) is 4.97. The molecule has 0 saturated heterocycles. The molecule has 6 heteroatoms. The summed E-state index contributed by atoms with van der Waals surface area (Å²) >= 11 is 0. The molecule has 2 rings (SSSR count). The summed E-state index contributed by atoms with van der Waals surface area (Å²) in [5, 5.41) is 26.7. The molecule has 1 atom stereocenters. The third-order valence-corrected chi connectivity index (χ3v) is 7.51. The first-order valence-corrected chi connectivity index (χ1v) is 13.7. The molecule has 2 aliphatic rings. The Morgan fingerprint density at radius 2 is 1.53 bits per heavy atom. The van der Waals surface area contributed by atoms with Gasteiger partial charge in [0.25, 0.3) is 0 Å². The molecule has 0 aromatic heterocycles. The summed E-state index contributed by atoms with van der Waals surface area (Å²) in [4.78, 5) is 21.1. The van der Waals surface area contributed by atoms with E-state index in [0.717, 1.165) is 31.6 Å². The lowest BCUT2D eigenvalue weighted by Gasteiger charge is -2.31. The van der Waals surface area contributed by atoms with Crippen LogP contribution in [0, 0.1) is 41.4 Å². The molecule has 204 valence electrons. The number of aliphatic hydroxyl groups excluding tert-OH is 3. The maximum atomic E-state index is 11.7. The van der Waals surface area contributed by atoms with Gasteiger partial charge >= 0.3 is 5.97 Å². The van der Waals surface area contributed by atoms with E-state index in [-0.39, 0.29) is 36.9 Å². The number of ether oxygens (including phenoxy) is 1. The third-order valence-electron chi connectivity index (χ3n) is 7.51. The zero-order valence-electron chi connectivity index (χ0n) is 22.3. The molecular formula is C30H48O6. The molecule has 0 amide bonds. The quantitative estimate of drug-likeness (QED) is 0.118. The second-order valence-corrected chi connectivity index (χ2v) is 10.4. The molecule has 2 aliphatic carbocycles. The van der Waals surface area contributed by atoms with E-state index in [1.165, 1.54) is 51.4 Å². The van der Waals surface area contributed by atoms with Crippen molar-refractivity contribution in [1.82, 2.24) is 0 Å². The molecule has 3 N–H and O–H groups in total. The maximum absolute atomic E-state index is 11.7. The van der Waals surface area contributed by atoms with Gasteiger partial charge in [-0.3, -0.25) is 4.79 Å². The molecule has 6 nitrogen and oxygen atoms in total. The minimum atomic E-state index is -0.574. The van der Waals surface area contributed by atoms with Crippen molar-refractivity contribution in [3.63, 3.8) is 0 Å². The summed E-state index contributed by atoms with van der Waals surface area (Å²) in [6.07, 6.45) is 15.5. The number of hydrogen-bond acceptors (Lipinski definition) is 6. The normalized spacial score (nSPS) is 24.2. The van der Waals surface area contributed by atoms with E-state index in [4.69, 9.17) is 14.9 Å². The molecule has 0 spiro atoms. The summed E-state index contributed by atoms with van der Waals surface area (Å²) in [5.74, 6) is 8.91. The van der Waals surface area contributed by atoms with E-state index in [2.05, 4.69) is 31.9 Å². The Labute approximate surface area is 218 Å². The van der Waals surface area contributed by atoms with E-state index >= 15 is 0 Å². The Balaban J connectivity index is 0.000000960. The van der Waals surface area contributed by atoms with Crippen LogP contribution in [0.25, 0.3) is 0 Å². The van der Waals surface area contributed by atoms with Gasteiger partial charge in [0, 0.05) is 29.9 Å². The SMILES string of the molecule is C=C(C=O)CO.C=C(CO)C(=O)OCC(CO)C1CCC(C#CC2CCC(CCCCC)CC2)CC1. The highest BCUT2D eigenvalue weighted by Crippen LogP contribution is 2.35. The molecule has 1 unspecified atom stereocenters. The van der Waals surface area contributed by atoms with Crippen LogP contribution in [0.15, 0.2) is 24.3 Å². The minimum Gasteiger partial charge on any atom is -0.462 e. The van der Waals surface area contributed by atoms with Gasteiger partial charge in [0.1, 0.15) is 6.29 Å². The monoisotopic (exact) mass is 504 g/mol. The van der Waals surface area contributed by atoms with Gasteiger partial charge in [0.2, 0.25) is 0 Å². The smallest absolute Gasteiger partial charge is 0.335 e. The van der Waals surface area contributed by atoms with Crippen LogP contribution in [0.4, 0.5) is 0 Å². The molecule has 0 aromatic rings. The zero-order valence-corrected chi connectivity index (χ0v) is 22.3. The highest BCUT2D eigenvalue weighted by molar-refractivity contribution is 5.87. The maximum Gasteiger partial charge on any atom is 0.335 e. The zero-order chi connectivity index (χ0) is 26.8. The van der Waals surface area contributed by atoms with Crippen LogP contribution in [0.2, 0.25) is 0 Å². The first kappa shape index (κ1) is 32.1. The number of esters is 1. The standard InChI is InChI=1S/C26H42O4.C4H6O2/c1-3-4-5-6-21-7-9-22(10-8-21)11-12-23-13-15-24(16-14-23)25(18-28)19-30-26(29)20(2)17-27;1-4(2-5)3-6/h21-25,27-28H,2-10,13-19H2,1H3;2,6H,1,3H2. The molecule has 0 aliphatic heterocycles. The number of carbonyl (C=O) groups is 2. The largest absolute Gasteiger partial charge is 0.462 e. The van der Waals surface area contributed by atoms with Crippen LogP contribution in [0.1, 0.15) is 84.0 Å². The predicted octanol–water partition coefficient (Wildman–Crippen LogP) is 4.62. The molecular weight excluding hydrogens is 456 g/mol. The fraction of sp³-hybridized carbons (Fsp3) is 0.733. The third kappa shape index (κ3) is 12.9. The van der Waals surface area contributed by atoms with Crippen LogP contribution < -0.4 is 0 Å². The van der Waals surface area contributed by atoms with Crippen LogP contribution in [0.5, 0.6) is 0 Å². The molecule has 0 aromatic carbocycles. The molecule has 36 heavy (non-hydrogen) atoms. The van der Waals surface area contributed by atoms with Gasteiger partial charge in [0.05, 0.1) is 25.4 Å². The number of aldehydes is 1. The summed E-state index contributed by atoms with van der Waals surface area (Å²) in [7, 11) is 0. The van der Waals surface area contributed by atoms with Crippen LogP contribution >= 0.6 is 0 Å². The second kappa shape index (κ2) is 19.2. The number of carbonyl (C=O) groups excluding carboxylic acids is 2. The molecule has 2 fully saturated rings. The average molecular weight is 505 g/mol. The molecule has 2 saturated carbocycles. The van der Waals surface area contributed by atoms with Crippen molar-refractivity contribution in [3.8, 4) is 11.8 Å². The van der Waals surface area contributed by atoms with E-state index in [1.807, 2.05) is 0 Å². The topological polar surface area (TPSA) is 104 Å². The first-order valence-electron chi connectivity index (χ1n) is 13.7. The Kier molecular flexibility index (Phi) is 17.1. The predicted molar refractivity (Wildman–Crippen MR) is 143 cm³/mol. The van der Waals surface area contributed by atoms with Crippen molar-refractivity contribution in [2.45, 2.75) is 84.0 Å². The number of rotatable bonds is 12. The van der Waals surface area contributed by atoms with Gasteiger partial charge in [-0.1, -0.05) is 57.6 Å². The van der Waals surface area contributed by atoms with Gasteiger partial charge in [-0.25, -0.2) is 4.79 Å². The molecule has 0 heterocycles.